The van der Waals surface area contributed by atoms with E-state index in [-0.39, 0.29) is 28.9 Å². The Kier molecular flexibility index (Phi) is 5.81. The molecule has 10 nitrogen and oxygen atoms in total. The third kappa shape index (κ3) is 4.84. The van der Waals surface area contributed by atoms with Gasteiger partial charge in [-0.25, -0.2) is 13.8 Å². The summed E-state index contributed by atoms with van der Waals surface area (Å²) in [6.07, 6.45) is 4.67. The lowest BCUT2D eigenvalue weighted by Crippen LogP contribution is -2.04. The number of methoxy groups -OCH3 is 1. The van der Waals surface area contributed by atoms with E-state index >= 15 is 0 Å². The van der Waals surface area contributed by atoms with Gasteiger partial charge in [-0.1, -0.05) is 0 Å². The van der Waals surface area contributed by atoms with Crippen molar-refractivity contribution < 1.29 is 18.4 Å². The van der Waals surface area contributed by atoms with Crippen molar-refractivity contribution in [3.8, 4) is 16.9 Å². The van der Waals surface area contributed by atoms with E-state index in [2.05, 4.69) is 25.7 Å². The van der Waals surface area contributed by atoms with Crippen LogP contribution in [0.25, 0.3) is 11.1 Å². The van der Waals surface area contributed by atoms with Gasteiger partial charge in [-0.15, -0.1) is 0 Å². The van der Waals surface area contributed by atoms with Gasteiger partial charge in [0.1, 0.15) is 23.2 Å². The zero-order valence-electron chi connectivity index (χ0n) is 17.4. The predicted octanol–water partition coefficient (Wildman–Crippen LogP) is 4.56. The molecule has 4 rings (SSSR count). The van der Waals surface area contributed by atoms with Crippen molar-refractivity contribution in [3.05, 3.63) is 76.7 Å². The smallest absolute Gasteiger partial charge is 0.271 e. The van der Waals surface area contributed by atoms with Crippen LogP contribution in [-0.2, 0) is 7.05 Å². The van der Waals surface area contributed by atoms with E-state index in [1.54, 1.807) is 30.2 Å². The highest BCUT2D eigenvalue weighted by atomic mass is 19.1. The summed E-state index contributed by atoms with van der Waals surface area (Å²) in [6.45, 7) is 0. The lowest BCUT2D eigenvalue weighted by molar-refractivity contribution is -0.384. The fraction of sp³-hybridized carbons (Fsp3) is 0.0952. The first-order valence-electron chi connectivity index (χ1n) is 9.51. The molecule has 0 radical (unpaired) electrons. The number of anilines is 4. The highest BCUT2D eigenvalue weighted by Gasteiger charge is 2.17. The molecule has 0 amide bonds. The fourth-order valence-electron chi connectivity index (χ4n) is 3.05. The van der Waals surface area contributed by atoms with Crippen LogP contribution in [0.1, 0.15) is 0 Å². The van der Waals surface area contributed by atoms with Gasteiger partial charge >= 0.3 is 0 Å². The highest BCUT2D eigenvalue weighted by Crippen LogP contribution is 2.34. The Bertz CT molecular complexity index is 1340. The van der Waals surface area contributed by atoms with E-state index in [0.29, 0.717) is 16.8 Å². The quantitative estimate of drug-likeness (QED) is 0.309. The molecule has 0 bridgehead atoms. The molecule has 2 heterocycles. The summed E-state index contributed by atoms with van der Waals surface area (Å²) in [5.41, 5.74) is 0.782. The lowest BCUT2D eigenvalue weighted by Gasteiger charge is -2.14. The summed E-state index contributed by atoms with van der Waals surface area (Å²) in [5, 5.41) is 20.9. The normalized spacial score (nSPS) is 10.7. The van der Waals surface area contributed by atoms with Gasteiger partial charge in [0.05, 0.1) is 29.6 Å². The topological polar surface area (TPSA) is 120 Å². The molecular formula is C21H17F2N7O3. The zero-order valence-corrected chi connectivity index (χ0v) is 17.4. The molecule has 0 aliphatic carbocycles. The van der Waals surface area contributed by atoms with Crippen LogP contribution in [0.15, 0.2) is 55.0 Å². The SMILES string of the molecule is COc1cc(F)cc(-c2cnc(Nc3cnn(C)c3)nc2Nc2cc([N+](=O)[O-])ccc2F)c1. The summed E-state index contributed by atoms with van der Waals surface area (Å²) in [6, 6.07) is 7.07. The van der Waals surface area contributed by atoms with Crippen molar-refractivity contribution in [2.45, 2.75) is 0 Å². The third-order valence-electron chi connectivity index (χ3n) is 4.58. The van der Waals surface area contributed by atoms with Gasteiger partial charge in [-0.05, 0) is 23.8 Å². The molecular weight excluding hydrogens is 436 g/mol. The molecule has 0 spiro atoms. The van der Waals surface area contributed by atoms with Crippen LogP contribution in [0.2, 0.25) is 0 Å². The molecule has 0 saturated heterocycles. The lowest BCUT2D eigenvalue weighted by atomic mass is 10.1. The van der Waals surface area contributed by atoms with E-state index < -0.39 is 16.6 Å². The maximum absolute atomic E-state index is 14.5. The number of nitro groups is 1. The molecule has 0 unspecified atom stereocenters. The Hall–Kier alpha value is -4.61. The Morgan fingerprint density at radius 2 is 1.94 bits per heavy atom. The minimum Gasteiger partial charge on any atom is -0.497 e. The number of nitrogens with one attached hydrogen (secondary N) is 2. The summed E-state index contributed by atoms with van der Waals surface area (Å²) in [7, 11) is 3.14. The first-order chi connectivity index (χ1) is 15.8. The average Bonchev–Trinajstić information content (AvgIpc) is 3.19. The molecule has 0 atom stereocenters. The Balaban J connectivity index is 1.80. The molecule has 0 saturated carbocycles. The van der Waals surface area contributed by atoms with Crippen molar-refractivity contribution in [2.75, 3.05) is 17.7 Å². The first kappa shape index (κ1) is 21.6. The monoisotopic (exact) mass is 453 g/mol. The number of benzene rings is 2. The van der Waals surface area contributed by atoms with Crippen molar-refractivity contribution in [2.24, 2.45) is 7.05 Å². The molecule has 168 valence electrons. The van der Waals surface area contributed by atoms with Crippen molar-refractivity contribution in [1.29, 1.82) is 0 Å². The van der Waals surface area contributed by atoms with E-state index in [1.165, 1.54) is 25.4 Å². The molecule has 4 aromatic rings. The van der Waals surface area contributed by atoms with Crippen LogP contribution in [0.3, 0.4) is 0 Å². The van der Waals surface area contributed by atoms with E-state index in [4.69, 9.17) is 4.74 Å². The van der Waals surface area contributed by atoms with Gasteiger partial charge in [-0.3, -0.25) is 14.8 Å². The zero-order chi connectivity index (χ0) is 23.5. The number of halogens is 2. The number of ether oxygens (including phenoxy) is 1. The second-order valence-electron chi connectivity index (χ2n) is 6.91. The van der Waals surface area contributed by atoms with Gasteiger partial charge in [0, 0.05) is 43.2 Å². The number of nitro benzene ring substituents is 1. The summed E-state index contributed by atoms with van der Waals surface area (Å²) in [5.74, 6) is -0.805. The molecule has 2 N–H and O–H groups in total. The number of aromatic nitrogens is 4. The summed E-state index contributed by atoms with van der Waals surface area (Å²) < 4.78 is 35.3. The molecule has 0 aliphatic heterocycles. The minimum atomic E-state index is -0.733. The average molecular weight is 453 g/mol. The van der Waals surface area contributed by atoms with Gasteiger partial charge in [0.25, 0.3) is 5.69 Å². The van der Waals surface area contributed by atoms with Gasteiger partial charge < -0.3 is 15.4 Å². The number of hydrogen-bond acceptors (Lipinski definition) is 8. The van der Waals surface area contributed by atoms with Crippen LogP contribution in [0.4, 0.5) is 37.6 Å². The predicted molar refractivity (Wildman–Crippen MR) is 117 cm³/mol. The highest BCUT2D eigenvalue weighted by molar-refractivity contribution is 5.80. The minimum absolute atomic E-state index is 0.0865. The van der Waals surface area contributed by atoms with E-state index in [9.17, 15) is 18.9 Å². The first-order valence-corrected chi connectivity index (χ1v) is 9.51. The molecule has 0 aliphatic rings. The largest absolute Gasteiger partial charge is 0.497 e. The molecule has 2 aromatic carbocycles. The Morgan fingerprint density at radius 3 is 2.64 bits per heavy atom. The number of non-ortho nitro benzene ring substituents is 1. The van der Waals surface area contributed by atoms with Crippen molar-refractivity contribution in [3.63, 3.8) is 0 Å². The number of aryl methyl sites for hydroxylation is 1. The Labute approximate surface area is 186 Å². The third-order valence-corrected chi connectivity index (χ3v) is 4.58. The number of hydrogen-bond donors (Lipinski definition) is 2. The molecule has 0 fully saturated rings. The standard InChI is InChI=1S/C21H17F2N7O3/c1-29-11-14(9-25-29)26-21-24-10-17(12-5-13(22)7-16(6-12)33-2)20(28-21)27-19-8-15(30(31)32)3-4-18(19)23/h3-11H,1-2H3,(H2,24,26,27,28). The molecule has 2 aromatic heterocycles. The second kappa shape index (κ2) is 8.86. The maximum atomic E-state index is 14.5. The van der Waals surface area contributed by atoms with Crippen LogP contribution < -0.4 is 15.4 Å². The van der Waals surface area contributed by atoms with Gasteiger partial charge in [0.2, 0.25) is 5.95 Å². The summed E-state index contributed by atoms with van der Waals surface area (Å²) in [4.78, 5) is 19.1. The van der Waals surface area contributed by atoms with Crippen LogP contribution in [0, 0.1) is 21.7 Å². The van der Waals surface area contributed by atoms with Crippen molar-refractivity contribution >= 4 is 28.8 Å². The maximum Gasteiger partial charge on any atom is 0.271 e. The van der Waals surface area contributed by atoms with Crippen LogP contribution in [-0.4, -0.2) is 31.8 Å². The van der Waals surface area contributed by atoms with Crippen molar-refractivity contribution in [1.82, 2.24) is 19.7 Å². The fourth-order valence-corrected chi connectivity index (χ4v) is 3.05. The van der Waals surface area contributed by atoms with Gasteiger partial charge in [0.15, 0.2) is 0 Å². The van der Waals surface area contributed by atoms with Crippen LogP contribution in [0.5, 0.6) is 5.75 Å². The number of rotatable bonds is 7. The van der Waals surface area contributed by atoms with Gasteiger partial charge in [-0.2, -0.15) is 10.1 Å². The van der Waals surface area contributed by atoms with Crippen LogP contribution >= 0.6 is 0 Å². The van der Waals surface area contributed by atoms with E-state index in [0.717, 1.165) is 18.2 Å². The Morgan fingerprint density at radius 1 is 1.12 bits per heavy atom. The molecule has 33 heavy (non-hydrogen) atoms. The second-order valence-corrected chi connectivity index (χ2v) is 6.91. The summed E-state index contributed by atoms with van der Waals surface area (Å²) >= 11 is 0. The molecule has 12 heteroatoms. The van der Waals surface area contributed by atoms with E-state index in [1.807, 2.05) is 0 Å². The number of nitrogens with zero attached hydrogens (tertiary/aromatic N) is 5.